The Hall–Kier alpha value is -1.84. The Morgan fingerprint density at radius 2 is 2.05 bits per heavy atom. The van der Waals surface area contributed by atoms with Gasteiger partial charge in [0.05, 0.1) is 16.6 Å². The molecule has 102 valence electrons. The smallest absolute Gasteiger partial charge is 0.136 e. The van der Waals surface area contributed by atoms with Gasteiger partial charge in [0.25, 0.3) is 0 Å². The molecule has 0 bridgehead atoms. The zero-order valence-corrected chi connectivity index (χ0v) is 12.1. The second-order valence-electron chi connectivity index (χ2n) is 4.71. The SMILES string of the molecule is CNC(C)c1ccc(-c2ccc(Cl)c3cccnc23)o1. The van der Waals surface area contributed by atoms with Crippen LogP contribution in [0.5, 0.6) is 0 Å². The van der Waals surface area contributed by atoms with Crippen LogP contribution in [0.3, 0.4) is 0 Å². The minimum Gasteiger partial charge on any atom is -0.459 e. The molecule has 0 spiro atoms. The van der Waals surface area contributed by atoms with E-state index in [1.165, 1.54) is 0 Å². The number of nitrogens with one attached hydrogen (secondary N) is 1. The molecule has 0 fully saturated rings. The molecule has 0 saturated carbocycles. The molecule has 4 heteroatoms. The molecule has 3 aromatic rings. The Bertz CT molecular complexity index is 751. The van der Waals surface area contributed by atoms with E-state index < -0.39 is 0 Å². The highest BCUT2D eigenvalue weighted by molar-refractivity contribution is 6.35. The van der Waals surface area contributed by atoms with Crippen LogP contribution in [0, 0.1) is 0 Å². The van der Waals surface area contributed by atoms with Crippen LogP contribution < -0.4 is 5.32 Å². The predicted molar refractivity (Wildman–Crippen MR) is 81.9 cm³/mol. The van der Waals surface area contributed by atoms with Gasteiger partial charge in [-0.15, -0.1) is 0 Å². The van der Waals surface area contributed by atoms with E-state index in [1.807, 2.05) is 43.4 Å². The third-order valence-electron chi connectivity index (χ3n) is 3.47. The fourth-order valence-corrected chi connectivity index (χ4v) is 2.42. The number of pyridine rings is 1. The first-order valence-electron chi connectivity index (χ1n) is 6.51. The van der Waals surface area contributed by atoms with E-state index in [0.29, 0.717) is 5.02 Å². The Balaban J connectivity index is 2.15. The molecule has 1 unspecified atom stereocenters. The van der Waals surface area contributed by atoms with Crippen LogP contribution in [0.1, 0.15) is 18.7 Å². The Labute approximate surface area is 122 Å². The summed E-state index contributed by atoms with van der Waals surface area (Å²) in [7, 11) is 1.91. The third-order valence-corrected chi connectivity index (χ3v) is 3.80. The maximum atomic E-state index is 6.21. The van der Waals surface area contributed by atoms with Gasteiger partial charge < -0.3 is 9.73 Å². The molecular formula is C16H15ClN2O. The van der Waals surface area contributed by atoms with Crippen LogP contribution in [0.2, 0.25) is 5.02 Å². The zero-order chi connectivity index (χ0) is 14.1. The number of benzene rings is 1. The summed E-state index contributed by atoms with van der Waals surface area (Å²) in [5.74, 6) is 1.71. The van der Waals surface area contributed by atoms with E-state index in [-0.39, 0.29) is 6.04 Å². The van der Waals surface area contributed by atoms with Gasteiger partial charge in [-0.3, -0.25) is 4.98 Å². The first-order valence-corrected chi connectivity index (χ1v) is 6.89. The van der Waals surface area contributed by atoms with Gasteiger partial charge in [-0.05, 0) is 50.4 Å². The Kier molecular flexibility index (Phi) is 3.47. The molecule has 2 heterocycles. The number of rotatable bonds is 3. The first kappa shape index (κ1) is 13.2. The van der Waals surface area contributed by atoms with Crippen LogP contribution in [-0.2, 0) is 0 Å². The lowest BCUT2D eigenvalue weighted by Gasteiger charge is -2.07. The van der Waals surface area contributed by atoms with Gasteiger partial charge in [0.2, 0.25) is 0 Å². The third kappa shape index (κ3) is 2.19. The summed E-state index contributed by atoms with van der Waals surface area (Å²) in [4.78, 5) is 4.43. The molecule has 0 radical (unpaired) electrons. The highest BCUT2D eigenvalue weighted by Crippen LogP contribution is 2.33. The minimum atomic E-state index is 0.176. The van der Waals surface area contributed by atoms with Gasteiger partial charge >= 0.3 is 0 Å². The van der Waals surface area contributed by atoms with Gasteiger partial charge in [0.15, 0.2) is 0 Å². The van der Waals surface area contributed by atoms with Crippen LogP contribution in [-0.4, -0.2) is 12.0 Å². The molecule has 1 atom stereocenters. The van der Waals surface area contributed by atoms with Gasteiger partial charge in [-0.1, -0.05) is 11.6 Å². The summed E-state index contributed by atoms with van der Waals surface area (Å²) in [6, 6.07) is 11.8. The van der Waals surface area contributed by atoms with Gasteiger partial charge in [0, 0.05) is 17.1 Å². The molecule has 0 aliphatic heterocycles. The molecule has 0 aliphatic rings. The van der Waals surface area contributed by atoms with E-state index in [4.69, 9.17) is 16.0 Å². The average Bonchev–Trinajstić information content (AvgIpc) is 2.97. The lowest BCUT2D eigenvalue weighted by Crippen LogP contribution is -2.11. The van der Waals surface area contributed by atoms with Crippen LogP contribution in [0.15, 0.2) is 47.0 Å². The Morgan fingerprint density at radius 1 is 1.20 bits per heavy atom. The predicted octanol–water partition coefficient (Wildman–Crippen LogP) is 4.43. The summed E-state index contributed by atoms with van der Waals surface area (Å²) in [6.07, 6.45) is 1.77. The standard InChI is InChI=1S/C16H15ClN2O/c1-10(18-2)14-7-8-15(20-14)12-5-6-13(17)11-4-3-9-19-16(11)12/h3-10,18H,1-2H3. The lowest BCUT2D eigenvalue weighted by atomic mass is 10.1. The van der Waals surface area contributed by atoms with Crippen molar-refractivity contribution in [2.75, 3.05) is 7.05 Å². The van der Waals surface area contributed by atoms with Gasteiger partial charge in [-0.25, -0.2) is 0 Å². The second-order valence-corrected chi connectivity index (χ2v) is 5.11. The number of fused-ring (bicyclic) bond motifs is 1. The molecule has 2 aromatic heterocycles. The fraction of sp³-hybridized carbons (Fsp3) is 0.188. The van der Waals surface area contributed by atoms with Gasteiger partial charge in [0.1, 0.15) is 11.5 Å². The molecule has 0 saturated heterocycles. The normalized spacial score (nSPS) is 12.8. The quantitative estimate of drug-likeness (QED) is 0.774. The van der Waals surface area contributed by atoms with E-state index in [1.54, 1.807) is 6.20 Å². The molecule has 0 aliphatic carbocycles. The summed E-state index contributed by atoms with van der Waals surface area (Å²) < 4.78 is 5.92. The van der Waals surface area contributed by atoms with Gasteiger partial charge in [-0.2, -0.15) is 0 Å². The summed E-state index contributed by atoms with van der Waals surface area (Å²) in [5, 5.41) is 4.80. The number of halogens is 1. The van der Waals surface area contributed by atoms with Crippen molar-refractivity contribution < 1.29 is 4.42 Å². The average molecular weight is 287 g/mol. The molecule has 3 nitrogen and oxygen atoms in total. The maximum absolute atomic E-state index is 6.21. The van der Waals surface area contributed by atoms with Crippen molar-refractivity contribution in [3.63, 3.8) is 0 Å². The van der Waals surface area contributed by atoms with Crippen molar-refractivity contribution in [2.24, 2.45) is 0 Å². The number of furan rings is 1. The minimum absolute atomic E-state index is 0.176. The number of hydrogen-bond donors (Lipinski definition) is 1. The lowest BCUT2D eigenvalue weighted by molar-refractivity contribution is 0.458. The van der Waals surface area contributed by atoms with Crippen LogP contribution >= 0.6 is 11.6 Å². The first-order chi connectivity index (χ1) is 9.70. The monoisotopic (exact) mass is 286 g/mol. The number of hydrogen-bond acceptors (Lipinski definition) is 3. The van der Waals surface area contributed by atoms with E-state index in [9.17, 15) is 0 Å². The summed E-state index contributed by atoms with van der Waals surface area (Å²) >= 11 is 6.21. The zero-order valence-electron chi connectivity index (χ0n) is 11.4. The largest absolute Gasteiger partial charge is 0.459 e. The van der Waals surface area contributed by atoms with E-state index >= 15 is 0 Å². The van der Waals surface area contributed by atoms with Crippen molar-refractivity contribution in [3.8, 4) is 11.3 Å². The van der Waals surface area contributed by atoms with Crippen molar-refractivity contribution in [3.05, 3.63) is 53.4 Å². The highest BCUT2D eigenvalue weighted by atomic mass is 35.5. The van der Waals surface area contributed by atoms with Crippen LogP contribution in [0.4, 0.5) is 0 Å². The van der Waals surface area contributed by atoms with E-state index in [2.05, 4.69) is 17.2 Å². The maximum Gasteiger partial charge on any atom is 0.136 e. The van der Waals surface area contributed by atoms with Crippen molar-refractivity contribution in [1.29, 1.82) is 0 Å². The topological polar surface area (TPSA) is 38.1 Å². The molecule has 1 aromatic carbocycles. The van der Waals surface area contributed by atoms with Crippen molar-refractivity contribution in [2.45, 2.75) is 13.0 Å². The van der Waals surface area contributed by atoms with E-state index in [0.717, 1.165) is 28.0 Å². The van der Waals surface area contributed by atoms with Crippen molar-refractivity contribution in [1.82, 2.24) is 10.3 Å². The van der Waals surface area contributed by atoms with Crippen molar-refractivity contribution >= 4 is 22.5 Å². The molecule has 1 N–H and O–H groups in total. The molecule has 3 rings (SSSR count). The summed E-state index contributed by atoms with van der Waals surface area (Å²) in [5.41, 5.74) is 1.82. The number of nitrogens with zero attached hydrogens (tertiary/aromatic N) is 1. The highest BCUT2D eigenvalue weighted by Gasteiger charge is 2.13. The second kappa shape index (κ2) is 5.27. The summed E-state index contributed by atoms with van der Waals surface area (Å²) in [6.45, 7) is 2.06. The fourth-order valence-electron chi connectivity index (χ4n) is 2.21. The molecular weight excluding hydrogens is 272 g/mol. The molecule has 0 amide bonds. The Morgan fingerprint density at radius 3 is 2.85 bits per heavy atom. The number of aromatic nitrogens is 1. The van der Waals surface area contributed by atoms with Crippen LogP contribution in [0.25, 0.3) is 22.2 Å². The molecule has 20 heavy (non-hydrogen) atoms.